The third-order valence-corrected chi connectivity index (χ3v) is 7.57. The summed E-state index contributed by atoms with van der Waals surface area (Å²) in [5.74, 6) is 0. The van der Waals surface area contributed by atoms with Crippen molar-refractivity contribution in [3.63, 3.8) is 0 Å². The maximum Gasteiger partial charge on any atom is 0.414 e. The minimum atomic E-state index is -0.643. The number of rotatable bonds is 7. The molecule has 5 rings (SSSR count). The molecule has 230 valence electrons. The molecule has 2 amide bonds. The Morgan fingerprint density at radius 3 is 2.55 bits per heavy atom. The van der Waals surface area contributed by atoms with Gasteiger partial charge in [0.1, 0.15) is 23.5 Å². The summed E-state index contributed by atoms with van der Waals surface area (Å²) in [6.07, 6.45) is 2.55. The largest absolute Gasteiger partial charge is 0.444 e. The Bertz CT molecular complexity index is 1740. The number of benzene rings is 2. The normalized spacial score (nSPS) is 13.0. The number of para-hydroxylation sites is 1. The summed E-state index contributed by atoms with van der Waals surface area (Å²) < 4.78 is 12.6. The quantitative estimate of drug-likeness (QED) is 0.208. The number of anilines is 3. The van der Waals surface area contributed by atoms with Crippen LogP contribution in [0.5, 0.6) is 0 Å². The van der Waals surface area contributed by atoms with Crippen LogP contribution in [0.4, 0.5) is 26.7 Å². The van der Waals surface area contributed by atoms with Crippen molar-refractivity contribution < 1.29 is 19.1 Å². The van der Waals surface area contributed by atoms with Crippen molar-refractivity contribution in [3.8, 4) is 0 Å². The van der Waals surface area contributed by atoms with E-state index in [9.17, 15) is 14.4 Å². The summed E-state index contributed by atoms with van der Waals surface area (Å²) in [6.45, 7) is 8.45. The number of aryl methyl sites for hydroxylation is 1. The van der Waals surface area contributed by atoms with Gasteiger partial charge in [0.25, 0.3) is 5.56 Å². The van der Waals surface area contributed by atoms with Gasteiger partial charge < -0.3 is 19.7 Å². The molecular weight excluding hydrogens is 580 g/mol. The molecule has 44 heavy (non-hydrogen) atoms. The van der Waals surface area contributed by atoms with Gasteiger partial charge in [-0.3, -0.25) is 14.3 Å². The number of hydrogen-bond acceptors (Lipinski definition) is 9. The molecule has 0 saturated heterocycles. The third kappa shape index (κ3) is 6.80. The molecular formula is C32H36N6O5S. The van der Waals surface area contributed by atoms with Crippen LogP contribution in [0.25, 0.3) is 11.0 Å². The molecule has 2 aromatic carbocycles. The second kappa shape index (κ2) is 13.0. The lowest BCUT2D eigenvalue weighted by atomic mass is 10.1. The Kier molecular flexibility index (Phi) is 9.09. The zero-order chi connectivity index (χ0) is 31.4. The molecule has 1 N–H and O–H groups in total. The summed E-state index contributed by atoms with van der Waals surface area (Å²) in [6, 6.07) is 17.0. The van der Waals surface area contributed by atoms with Gasteiger partial charge in [0.05, 0.1) is 11.4 Å². The van der Waals surface area contributed by atoms with Crippen LogP contribution in [0.2, 0.25) is 0 Å². The van der Waals surface area contributed by atoms with E-state index in [0.29, 0.717) is 46.3 Å². The van der Waals surface area contributed by atoms with Gasteiger partial charge in [-0.15, -0.1) is 0 Å². The van der Waals surface area contributed by atoms with Crippen LogP contribution < -0.4 is 20.7 Å². The minimum absolute atomic E-state index is 0.155. The van der Waals surface area contributed by atoms with Crippen molar-refractivity contribution in [2.75, 3.05) is 35.7 Å². The molecule has 2 aromatic heterocycles. The standard InChI is InChI=1S/C32H36N6O5S/c1-21-10-9-13-24-26(21)37(31(41)42-20-22-11-7-6-8-12-22)17-16-36(24)25-18-23-19-34-29(44-5)35-27(23)38(28(25)39)15-14-33-30(40)43-32(2,3)4/h6-13,18-19H,14-17,20H2,1-5H3,(H,33,40). The van der Waals surface area contributed by atoms with Gasteiger partial charge in [-0.1, -0.05) is 54.2 Å². The molecule has 4 aromatic rings. The number of ether oxygens (including phenoxy) is 2. The van der Waals surface area contributed by atoms with Gasteiger partial charge in [0.15, 0.2) is 5.16 Å². The van der Waals surface area contributed by atoms with E-state index in [1.54, 1.807) is 42.5 Å². The second-order valence-corrected chi connectivity index (χ2v) is 12.1. The molecule has 0 spiro atoms. The molecule has 0 bridgehead atoms. The first-order chi connectivity index (χ1) is 21.1. The number of pyridine rings is 1. The number of amides is 2. The summed E-state index contributed by atoms with van der Waals surface area (Å²) in [5.41, 5.74) is 3.13. The van der Waals surface area contributed by atoms with Gasteiger partial charge in [-0.2, -0.15) is 0 Å². The molecule has 1 aliphatic rings. The zero-order valence-electron chi connectivity index (χ0n) is 25.5. The highest BCUT2D eigenvalue weighted by Gasteiger charge is 2.32. The second-order valence-electron chi connectivity index (χ2n) is 11.3. The summed E-state index contributed by atoms with van der Waals surface area (Å²) >= 11 is 1.38. The van der Waals surface area contributed by atoms with E-state index in [0.717, 1.165) is 11.1 Å². The minimum Gasteiger partial charge on any atom is -0.444 e. The van der Waals surface area contributed by atoms with Crippen molar-refractivity contribution in [1.29, 1.82) is 0 Å². The predicted octanol–water partition coefficient (Wildman–Crippen LogP) is 5.64. The third-order valence-electron chi connectivity index (χ3n) is 7.01. The number of thioether (sulfide) groups is 1. The summed E-state index contributed by atoms with van der Waals surface area (Å²) in [4.78, 5) is 52.4. The molecule has 0 fully saturated rings. The topological polar surface area (TPSA) is 119 Å². The van der Waals surface area contributed by atoms with Crippen LogP contribution in [-0.4, -0.2) is 58.2 Å². The van der Waals surface area contributed by atoms with E-state index in [-0.39, 0.29) is 25.3 Å². The van der Waals surface area contributed by atoms with Crippen LogP contribution in [0.15, 0.2) is 70.7 Å². The molecule has 0 atom stereocenters. The SMILES string of the molecule is CSc1ncc2cc(N3CCN(C(=O)OCc4ccccc4)c4c(C)cccc43)c(=O)n(CCNC(=O)OC(C)(C)C)c2n1. The summed E-state index contributed by atoms with van der Waals surface area (Å²) in [5, 5.41) is 3.94. The van der Waals surface area contributed by atoms with Gasteiger partial charge >= 0.3 is 12.2 Å². The Labute approximate surface area is 260 Å². The number of carbonyl (C=O) groups is 2. The smallest absolute Gasteiger partial charge is 0.414 e. The molecule has 0 radical (unpaired) electrons. The Morgan fingerprint density at radius 2 is 1.82 bits per heavy atom. The van der Waals surface area contributed by atoms with Gasteiger partial charge in [0, 0.05) is 37.8 Å². The summed E-state index contributed by atoms with van der Waals surface area (Å²) in [7, 11) is 0. The lowest BCUT2D eigenvalue weighted by molar-refractivity contribution is 0.0526. The van der Waals surface area contributed by atoms with Crippen LogP contribution >= 0.6 is 11.8 Å². The molecule has 11 nitrogen and oxygen atoms in total. The first kappa shape index (κ1) is 30.9. The number of hydrogen-bond donors (Lipinski definition) is 1. The van der Waals surface area contributed by atoms with E-state index in [2.05, 4.69) is 15.3 Å². The monoisotopic (exact) mass is 616 g/mol. The number of carbonyl (C=O) groups excluding carboxylic acids is 2. The Balaban J connectivity index is 1.48. The van der Waals surface area contributed by atoms with E-state index in [4.69, 9.17) is 9.47 Å². The number of nitrogens with zero attached hydrogens (tertiary/aromatic N) is 5. The lowest BCUT2D eigenvalue weighted by Crippen LogP contribution is -2.45. The molecule has 12 heteroatoms. The average molecular weight is 617 g/mol. The van der Waals surface area contributed by atoms with Gasteiger partial charge in [-0.25, -0.2) is 19.6 Å². The molecule has 1 aliphatic heterocycles. The number of fused-ring (bicyclic) bond motifs is 2. The van der Waals surface area contributed by atoms with Crippen LogP contribution in [-0.2, 0) is 22.6 Å². The van der Waals surface area contributed by atoms with Crippen LogP contribution in [0, 0.1) is 6.92 Å². The predicted molar refractivity (Wildman–Crippen MR) is 172 cm³/mol. The fraction of sp³-hybridized carbons (Fsp3) is 0.344. The molecule has 0 aliphatic carbocycles. The van der Waals surface area contributed by atoms with Crippen molar-refractivity contribution >= 4 is 52.0 Å². The van der Waals surface area contributed by atoms with Gasteiger partial charge in [0.2, 0.25) is 0 Å². The lowest BCUT2D eigenvalue weighted by Gasteiger charge is -2.38. The first-order valence-electron chi connectivity index (χ1n) is 14.3. The number of aromatic nitrogens is 3. The van der Waals surface area contributed by atoms with E-state index < -0.39 is 17.8 Å². The Morgan fingerprint density at radius 1 is 1.05 bits per heavy atom. The average Bonchev–Trinajstić information content (AvgIpc) is 3.00. The first-order valence-corrected chi connectivity index (χ1v) is 15.5. The zero-order valence-corrected chi connectivity index (χ0v) is 26.3. The van der Waals surface area contributed by atoms with Crippen molar-refractivity contribution in [3.05, 3.63) is 82.3 Å². The highest BCUT2D eigenvalue weighted by atomic mass is 32.2. The van der Waals surface area contributed by atoms with Crippen molar-refractivity contribution in [1.82, 2.24) is 19.9 Å². The number of nitrogens with one attached hydrogen (secondary N) is 1. The van der Waals surface area contributed by atoms with E-state index in [1.807, 2.05) is 66.6 Å². The highest BCUT2D eigenvalue weighted by Crippen LogP contribution is 2.40. The molecule has 0 saturated carbocycles. The van der Waals surface area contributed by atoms with Crippen LogP contribution in [0.3, 0.4) is 0 Å². The van der Waals surface area contributed by atoms with E-state index in [1.165, 1.54) is 11.8 Å². The van der Waals surface area contributed by atoms with Crippen molar-refractivity contribution in [2.24, 2.45) is 0 Å². The number of alkyl carbamates (subject to hydrolysis) is 1. The fourth-order valence-corrected chi connectivity index (χ4v) is 5.42. The maximum absolute atomic E-state index is 14.2. The van der Waals surface area contributed by atoms with Crippen LogP contribution in [0.1, 0.15) is 31.9 Å². The molecule has 0 unspecified atom stereocenters. The Hall–Kier alpha value is -4.58. The van der Waals surface area contributed by atoms with Gasteiger partial charge in [-0.05, 0) is 57.2 Å². The maximum atomic E-state index is 14.2. The van der Waals surface area contributed by atoms with Crippen molar-refractivity contribution in [2.45, 2.75) is 51.6 Å². The highest BCUT2D eigenvalue weighted by molar-refractivity contribution is 7.98. The van der Waals surface area contributed by atoms with E-state index >= 15 is 0 Å². The fourth-order valence-electron chi connectivity index (χ4n) is 5.09. The molecule has 3 heterocycles.